The Morgan fingerprint density at radius 3 is 2.56 bits per heavy atom. The summed E-state index contributed by atoms with van der Waals surface area (Å²) in [5, 5.41) is 0. The zero-order chi connectivity index (χ0) is 23.6. The second-order valence-electron chi connectivity index (χ2n) is 9.41. The van der Waals surface area contributed by atoms with E-state index in [1.807, 2.05) is 11.0 Å². The number of aryl methyl sites for hydroxylation is 1. The van der Waals surface area contributed by atoms with Crippen molar-refractivity contribution in [2.45, 2.75) is 66.3 Å². The number of carbonyl (C=O) groups excluding carboxylic acids is 1. The Hall–Kier alpha value is -1.65. The maximum atomic E-state index is 13.4. The van der Waals surface area contributed by atoms with Gasteiger partial charge in [-0.15, -0.1) is 6.58 Å². The highest BCUT2D eigenvalue weighted by atomic mass is 79.9. The van der Waals surface area contributed by atoms with E-state index < -0.39 is 0 Å². The number of hydrogen-bond acceptors (Lipinski definition) is 2. The van der Waals surface area contributed by atoms with Crippen molar-refractivity contribution in [3.8, 4) is 0 Å². The van der Waals surface area contributed by atoms with E-state index in [1.165, 1.54) is 37.9 Å². The van der Waals surface area contributed by atoms with Crippen LogP contribution in [0, 0.1) is 19.8 Å². The lowest BCUT2D eigenvalue weighted by Gasteiger charge is -2.51. The summed E-state index contributed by atoms with van der Waals surface area (Å²) in [6, 6.07) is 4.52. The van der Waals surface area contributed by atoms with E-state index >= 15 is 0 Å². The molecule has 0 saturated heterocycles. The number of allylic oxidation sites excluding steroid dienone is 1. The maximum absolute atomic E-state index is 13.4. The van der Waals surface area contributed by atoms with Crippen molar-refractivity contribution >= 4 is 33.0 Å². The van der Waals surface area contributed by atoms with Crippen LogP contribution in [0.3, 0.4) is 0 Å². The number of fused-ring (bicyclic) bond motifs is 3. The summed E-state index contributed by atoms with van der Waals surface area (Å²) in [5.74, 6) is 0.106. The fourth-order valence-corrected chi connectivity index (χ4v) is 6.18. The van der Waals surface area contributed by atoms with Crippen LogP contribution in [-0.2, 0) is 4.79 Å². The summed E-state index contributed by atoms with van der Waals surface area (Å²) < 4.78 is 1.31. The Bertz CT molecular complexity index is 956. The van der Waals surface area contributed by atoms with Crippen LogP contribution in [0.4, 0.5) is 0 Å². The molecule has 4 heteroatoms. The third-order valence-electron chi connectivity index (χ3n) is 7.45. The number of carbonyl (C=O) groups is 1. The average Bonchev–Trinajstić information content (AvgIpc) is 2.77. The predicted molar refractivity (Wildman–Crippen MR) is 141 cm³/mol. The van der Waals surface area contributed by atoms with Crippen LogP contribution in [0.15, 0.2) is 35.3 Å². The summed E-state index contributed by atoms with van der Waals surface area (Å²) in [6.45, 7) is 20.2. The molecule has 1 aliphatic carbocycles. The van der Waals surface area contributed by atoms with Gasteiger partial charge in [-0.25, -0.2) is 0 Å². The minimum Gasteiger partial charge on any atom is -0.343 e. The largest absolute Gasteiger partial charge is 0.343 e. The van der Waals surface area contributed by atoms with Crippen molar-refractivity contribution in [3.05, 3.63) is 57.6 Å². The van der Waals surface area contributed by atoms with Crippen molar-refractivity contribution in [2.24, 2.45) is 5.92 Å². The molecule has 0 saturated carbocycles. The van der Waals surface area contributed by atoms with Gasteiger partial charge in [0.2, 0.25) is 5.91 Å². The van der Waals surface area contributed by atoms with Crippen LogP contribution in [-0.4, -0.2) is 47.4 Å². The number of amides is 1. The van der Waals surface area contributed by atoms with Crippen LogP contribution in [0.25, 0.3) is 11.1 Å². The van der Waals surface area contributed by atoms with E-state index in [9.17, 15) is 4.79 Å². The molecule has 3 rings (SSSR count). The van der Waals surface area contributed by atoms with E-state index in [0.29, 0.717) is 0 Å². The Morgan fingerprint density at radius 2 is 1.97 bits per heavy atom. The second kappa shape index (κ2) is 10.1. The molecule has 3 nitrogen and oxygen atoms in total. The van der Waals surface area contributed by atoms with Crippen molar-refractivity contribution in [2.75, 3.05) is 26.2 Å². The lowest BCUT2D eigenvalue weighted by molar-refractivity contribution is -0.134. The van der Waals surface area contributed by atoms with E-state index in [4.69, 9.17) is 0 Å². The van der Waals surface area contributed by atoms with E-state index in [-0.39, 0.29) is 17.4 Å². The average molecular weight is 500 g/mol. The Labute approximate surface area is 203 Å². The number of hydrogen-bond donors (Lipinski definition) is 0. The fraction of sp³-hybridized carbons (Fsp3) is 0.536. The van der Waals surface area contributed by atoms with Gasteiger partial charge in [-0.2, -0.15) is 0 Å². The highest BCUT2D eigenvalue weighted by Gasteiger charge is 2.46. The van der Waals surface area contributed by atoms with Crippen LogP contribution >= 0.6 is 15.9 Å². The molecule has 0 bridgehead atoms. The van der Waals surface area contributed by atoms with Gasteiger partial charge in [0.05, 0.1) is 5.92 Å². The molecule has 1 aliphatic heterocycles. The van der Waals surface area contributed by atoms with Crippen molar-refractivity contribution in [3.63, 3.8) is 0 Å². The molecule has 32 heavy (non-hydrogen) atoms. The molecule has 0 aromatic heterocycles. The van der Waals surface area contributed by atoms with Crippen molar-refractivity contribution in [1.29, 1.82) is 0 Å². The standard InChI is InChI=1S/C28H39BrN2O/c1-8-12-25(29)23-17-28(7)24(22-14-13-19(5)20(6)26(22)23)16-21(18-31(28)15-9-2)27(32)30(10-3)11-4/h9,13-14,16,21H,2,8,10-12,15,17-18H2,1,3-7H3/b25-23+/t21-,28?/m1/s1. The summed E-state index contributed by atoms with van der Waals surface area (Å²) >= 11 is 3.96. The lowest BCUT2D eigenvalue weighted by Crippen LogP contribution is -2.55. The van der Waals surface area contributed by atoms with Gasteiger partial charge in [0.15, 0.2) is 0 Å². The highest BCUT2D eigenvalue weighted by molar-refractivity contribution is 9.11. The van der Waals surface area contributed by atoms with Gasteiger partial charge < -0.3 is 4.90 Å². The number of nitrogens with zero attached hydrogens (tertiary/aromatic N) is 2. The van der Waals surface area contributed by atoms with Crippen LogP contribution in [0.1, 0.15) is 69.2 Å². The molecule has 1 aromatic rings. The fourth-order valence-electron chi connectivity index (χ4n) is 5.44. The molecule has 1 heterocycles. The first-order valence-electron chi connectivity index (χ1n) is 12.1. The van der Waals surface area contributed by atoms with Crippen LogP contribution < -0.4 is 0 Å². The molecule has 174 valence electrons. The summed E-state index contributed by atoms with van der Waals surface area (Å²) in [7, 11) is 0. The van der Waals surface area contributed by atoms with Gasteiger partial charge in [0.25, 0.3) is 0 Å². The minimum atomic E-state index is -0.162. The summed E-state index contributed by atoms with van der Waals surface area (Å²) in [6.07, 6.45) is 7.37. The first kappa shape index (κ1) is 25.0. The van der Waals surface area contributed by atoms with E-state index in [2.05, 4.69) is 87.2 Å². The Morgan fingerprint density at radius 1 is 1.28 bits per heavy atom. The van der Waals surface area contributed by atoms with E-state index in [1.54, 1.807) is 0 Å². The summed E-state index contributed by atoms with van der Waals surface area (Å²) in [5.41, 5.74) is 7.88. The molecule has 0 radical (unpaired) electrons. The molecule has 1 amide bonds. The molecule has 0 spiro atoms. The van der Waals surface area contributed by atoms with Gasteiger partial charge in [-0.1, -0.05) is 53.6 Å². The van der Waals surface area contributed by atoms with Gasteiger partial charge in [0.1, 0.15) is 0 Å². The predicted octanol–water partition coefficient (Wildman–Crippen LogP) is 6.74. The topological polar surface area (TPSA) is 23.6 Å². The lowest BCUT2D eigenvalue weighted by atomic mass is 9.67. The Balaban J connectivity index is 2.27. The summed E-state index contributed by atoms with van der Waals surface area (Å²) in [4.78, 5) is 17.8. The van der Waals surface area contributed by atoms with E-state index in [0.717, 1.165) is 45.4 Å². The third-order valence-corrected chi connectivity index (χ3v) is 8.33. The third kappa shape index (κ3) is 4.28. The van der Waals surface area contributed by atoms with Crippen LogP contribution in [0.2, 0.25) is 0 Å². The van der Waals surface area contributed by atoms with Gasteiger partial charge in [-0.3, -0.25) is 9.69 Å². The first-order chi connectivity index (χ1) is 15.2. The molecule has 1 aromatic carbocycles. The van der Waals surface area contributed by atoms with Crippen LogP contribution in [0.5, 0.6) is 0 Å². The van der Waals surface area contributed by atoms with Gasteiger partial charge in [0, 0.05) is 31.7 Å². The molecular formula is C28H39BrN2O. The van der Waals surface area contributed by atoms with Gasteiger partial charge in [-0.05, 0) is 85.3 Å². The first-order valence-corrected chi connectivity index (χ1v) is 12.9. The highest BCUT2D eigenvalue weighted by Crippen LogP contribution is 2.52. The van der Waals surface area contributed by atoms with Crippen molar-refractivity contribution in [1.82, 2.24) is 9.80 Å². The number of halogens is 1. The second-order valence-corrected chi connectivity index (χ2v) is 10.4. The molecule has 2 atom stereocenters. The zero-order valence-corrected chi connectivity index (χ0v) is 22.3. The monoisotopic (exact) mass is 498 g/mol. The molecule has 2 aliphatic rings. The Kier molecular flexibility index (Phi) is 7.88. The quantitative estimate of drug-likeness (QED) is 0.388. The number of rotatable bonds is 7. The smallest absolute Gasteiger partial charge is 0.230 e. The normalized spacial score (nSPS) is 24.3. The maximum Gasteiger partial charge on any atom is 0.230 e. The molecule has 0 N–H and O–H groups in total. The SMILES string of the molecule is C=CCN1C[C@H](C(=O)N(CC)CC)C=C2c3ccc(C)c(C)c3/C(=C(/Br)CCC)CC21C. The minimum absolute atomic E-state index is 0.128. The number of benzene rings is 1. The zero-order valence-electron chi connectivity index (χ0n) is 20.7. The van der Waals surface area contributed by atoms with Gasteiger partial charge >= 0.3 is 0 Å². The van der Waals surface area contributed by atoms with Crippen molar-refractivity contribution < 1.29 is 4.79 Å². The molecule has 0 fully saturated rings. The molecular weight excluding hydrogens is 460 g/mol. The molecule has 1 unspecified atom stereocenters.